The summed E-state index contributed by atoms with van der Waals surface area (Å²) in [6.45, 7) is 8.60. The first-order valence-electron chi connectivity index (χ1n) is 9.06. The number of nitrogens with one attached hydrogen (secondary N) is 2. The molecule has 1 rings (SSSR count). The van der Waals surface area contributed by atoms with Gasteiger partial charge in [0.25, 0.3) is 11.8 Å². The summed E-state index contributed by atoms with van der Waals surface area (Å²) in [6.07, 6.45) is -1.10. The van der Waals surface area contributed by atoms with Gasteiger partial charge < -0.3 is 20.1 Å². The second kappa shape index (κ2) is 10.3. The van der Waals surface area contributed by atoms with Crippen molar-refractivity contribution in [1.29, 1.82) is 5.26 Å². The zero-order valence-corrected chi connectivity index (χ0v) is 16.9. The molecule has 8 nitrogen and oxygen atoms in total. The van der Waals surface area contributed by atoms with Crippen LogP contribution in [0.25, 0.3) is 0 Å². The fraction of sp³-hybridized carbons (Fsp3) is 0.500. The number of ether oxygens (including phenoxy) is 2. The Labute approximate surface area is 165 Å². The van der Waals surface area contributed by atoms with Crippen molar-refractivity contribution < 1.29 is 23.9 Å². The maximum absolute atomic E-state index is 12.2. The van der Waals surface area contributed by atoms with Gasteiger partial charge in [-0.15, -0.1) is 0 Å². The van der Waals surface area contributed by atoms with Crippen LogP contribution in [0.15, 0.2) is 24.3 Å². The Bertz CT molecular complexity index is 739. The molecule has 8 heteroatoms. The van der Waals surface area contributed by atoms with Gasteiger partial charge in [-0.25, -0.2) is 0 Å². The van der Waals surface area contributed by atoms with E-state index in [0.29, 0.717) is 17.9 Å². The maximum Gasteiger partial charge on any atom is 0.326 e. The van der Waals surface area contributed by atoms with E-state index in [-0.39, 0.29) is 12.5 Å². The molecule has 1 aromatic rings. The van der Waals surface area contributed by atoms with Crippen molar-refractivity contribution in [3.05, 3.63) is 29.8 Å². The van der Waals surface area contributed by atoms with Gasteiger partial charge in [0.05, 0.1) is 12.7 Å². The van der Waals surface area contributed by atoms with Crippen LogP contribution in [0, 0.1) is 17.2 Å². The lowest BCUT2D eigenvalue weighted by molar-refractivity contribution is -0.154. The minimum absolute atomic E-state index is 0.127. The Morgan fingerprint density at radius 3 is 2.29 bits per heavy atom. The van der Waals surface area contributed by atoms with Crippen molar-refractivity contribution in [2.24, 2.45) is 5.92 Å². The highest BCUT2D eigenvalue weighted by Crippen LogP contribution is 2.15. The van der Waals surface area contributed by atoms with Crippen molar-refractivity contribution in [3.63, 3.8) is 0 Å². The molecule has 0 saturated carbocycles. The van der Waals surface area contributed by atoms with Crippen molar-refractivity contribution in [3.8, 4) is 11.8 Å². The van der Waals surface area contributed by atoms with Gasteiger partial charge >= 0.3 is 5.97 Å². The number of nitrogens with zero attached hydrogens (tertiary/aromatic N) is 1. The van der Waals surface area contributed by atoms with Crippen molar-refractivity contribution in [1.82, 2.24) is 10.6 Å². The quantitative estimate of drug-likeness (QED) is 0.622. The normalized spacial score (nSPS) is 13.6. The lowest BCUT2D eigenvalue weighted by Crippen LogP contribution is -2.52. The first-order chi connectivity index (χ1) is 13.1. The number of carbonyl (C=O) groups is 3. The van der Waals surface area contributed by atoms with E-state index in [1.54, 1.807) is 45.0 Å². The average molecular weight is 389 g/mol. The number of amides is 2. The largest absolute Gasteiger partial charge is 0.494 e. The molecule has 0 saturated heterocycles. The number of hydrogen-bond donors (Lipinski definition) is 2. The Morgan fingerprint density at radius 1 is 1.18 bits per heavy atom. The molecule has 0 heterocycles. The molecule has 0 aliphatic heterocycles. The lowest BCUT2D eigenvalue weighted by Gasteiger charge is -2.28. The summed E-state index contributed by atoms with van der Waals surface area (Å²) in [5, 5.41) is 14.3. The minimum Gasteiger partial charge on any atom is -0.494 e. The van der Waals surface area contributed by atoms with Crippen LogP contribution in [0.2, 0.25) is 0 Å². The molecule has 0 unspecified atom stereocenters. The molecular weight excluding hydrogens is 362 g/mol. The molecule has 2 atom stereocenters. The second-order valence-electron chi connectivity index (χ2n) is 6.73. The smallest absolute Gasteiger partial charge is 0.326 e. The molecule has 2 amide bonds. The SMILES string of the molecule is CCOc1ccc(C(=O)NCC(=O)O[C@@H](C)C(=O)N[C@@](C)(C#N)C(C)C)cc1. The van der Waals surface area contributed by atoms with Crippen LogP contribution in [-0.4, -0.2) is 42.6 Å². The Morgan fingerprint density at radius 2 is 1.79 bits per heavy atom. The van der Waals surface area contributed by atoms with Gasteiger partial charge in [0, 0.05) is 5.56 Å². The van der Waals surface area contributed by atoms with Crippen LogP contribution >= 0.6 is 0 Å². The highest BCUT2D eigenvalue weighted by molar-refractivity contribution is 5.96. The number of nitriles is 1. The number of benzene rings is 1. The van der Waals surface area contributed by atoms with Crippen LogP contribution in [0.4, 0.5) is 0 Å². The highest BCUT2D eigenvalue weighted by Gasteiger charge is 2.32. The fourth-order valence-electron chi connectivity index (χ4n) is 2.08. The van der Waals surface area contributed by atoms with Crippen LogP contribution in [0.5, 0.6) is 5.75 Å². The number of carbonyl (C=O) groups excluding carboxylic acids is 3. The molecule has 0 radical (unpaired) electrons. The third-order valence-corrected chi connectivity index (χ3v) is 4.27. The molecule has 0 aliphatic carbocycles. The summed E-state index contributed by atoms with van der Waals surface area (Å²) in [4.78, 5) is 36.1. The molecule has 0 aromatic heterocycles. The Balaban J connectivity index is 2.52. The summed E-state index contributed by atoms with van der Waals surface area (Å²) in [5.41, 5.74) is -0.705. The van der Waals surface area contributed by atoms with E-state index in [2.05, 4.69) is 10.6 Å². The van der Waals surface area contributed by atoms with Crippen LogP contribution in [0.3, 0.4) is 0 Å². The molecule has 2 N–H and O–H groups in total. The van der Waals surface area contributed by atoms with Gasteiger partial charge in [-0.1, -0.05) is 13.8 Å². The standard InChI is InChI=1S/C20H27N3O5/c1-6-27-16-9-7-15(8-10-16)19(26)22-11-17(24)28-14(4)18(25)23-20(5,12-21)13(2)3/h7-10,13-14H,6,11H2,1-5H3,(H,22,26)(H,23,25)/t14-,20-/m0/s1. The summed E-state index contributed by atoms with van der Waals surface area (Å²) in [7, 11) is 0. The molecule has 1 aromatic carbocycles. The lowest BCUT2D eigenvalue weighted by atomic mass is 9.90. The molecule has 152 valence electrons. The van der Waals surface area contributed by atoms with E-state index < -0.39 is 29.4 Å². The van der Waals surface area contributed by atoms with Gasteiger partial charge in [0.1, 0.15) is 17.8 Å². The zero-order valence-electron chi connectivity index (χ0n) is 16.9. The van der Waals surface area contributed by atoms with E-state index >= 15 is 0 Å². The van der Waals surface area contributed by atoms with Gasteiger partial charge in [0.15, 0.2) is 6.10 Å². The molecule has 28 heavy (non-hydrogen) atoms. The fourth-order valence-corrected chi connectivity index (χ4v) is 2.08. The molecule has 0 aliphatic rings. The minimum atomic E-state index is -1.10. The Hall–Kier alpha value is -3.08. The topological polar surface area (TPSA) is 118 Å². The van der Waals surface area contributed by atoms with E-state index in [9.17, 15) is 19.6 Å². The molecular formula is C20H27N3O5. The van der Waals surface area contributed by atoms with Crippen LogP contribution in [-0.2, 0) is 14.3 Å². The zero-order chi connectivity index (χ0) is 21.3. The van der Waals surface area contributed by atoms with E-state index in [4.69, 9.17) is 9.47 Å². The molecule has 0 fully saturated rings. The van der Waals surface area contributed by atoms with E-state index in [1.807, 2.05) is 13.0 Å². The summed E-state index contributed by atoms with van der Waals surface area (Å²) in [5.74, 6) is -1.27. The predicted molar refractivity (Wildman–Crippen MR) is 102 cm³/mol. The van der Waals surface area contributed by atoms with Gasteiger partial charge in [-0.2, -0.15) is 5.26 Å². The summed E-state index contributed by atoms with van der Waals surface area (Å²) < 4.78 is 10.3. The first-order valence-corrected chi connectivity index (χ1v) is 9.06. The number of rotatable bonds is 9. The highest BCUT2D eigenvalue weighted by atomic mass is 16.5. The van der Waals surface area contributed by atoms with Crippen LogP contribution < -0.4 is 15.4 Å². The molecule has 0 bridgehead atoms. The molecule has 0 spiro atoms. The van der Waals surface area contributed by atoms with Crippen molar-refractivity contribution in [2.45, 2.75) is 46.3 Å². The third kappa shape index (κ3) is 6.58. The van der Waals surface area contributed by atoms with Crippen molar-refractivity contribution in [2.75, 3.05) is 13.2 Å². The van der Waals surface area contributed by atoms with Gasteiger partial charge in [-0.3, -0.25) is 14.4 Å². The predicted octanol–water partition coefficient (Wildman–Crippen LogP) is 1.80. The summed E-state index contributed by atoms with van der Waals surface area (Å²) >= 11 is 0. The second-order valence-corrected chi connectivity index (χ2v) is 6.73. The number of esters is 1. The van der Waals surface area contributed by atoms with Crippen LogP contribution in [0.1, 0.15) is 45.0 Å². The van der Waals surface area contributed by atoms with E-state index in [0.717, 1.165) is 0 Å². The average Bonchev–Trinajstić information content (AvgIpc) is 2.66. The maximum atomic E-state index is 12.2. The van der Waals surface area contributed by atoms with Gasteiger partial charge in [0.2, 0.25) is 0 Å². The monoisotopic (exact) mass is 389 g/mol. The summed E-state index contributed by atoms with van der Waals surface area (Å²) in [6, 6.07) is 8.52. The first kappa shape index (κ1) is 23.0. The Kier molecular flexibility index (Phi) is 8.45. The number of hydrogen-bond acceptors (Lipinski definition) is 6. The third-order valence-electron chi connectivity index (χ3n) is 4.27. The van der Waals surface area contributed by atoms with Crippen molar-refractivity contribution >= 4 is 17.8 Å². The van der Waals surface area contributed by atoms with Gasteiger partial charge in [-0.05, 0) is 51.0 Å². The van der Waals surface area contributed by atoms with E-state index in [1.165, 1.54) is 6.92 Å².